The first kappa shape index (κ1) is 12.3. The average Bonchev–Trinajstić information content (AvgIpc) is 2.24. The zero-order valence-electron chi connectivity index (χ0n) is 9.72. The van der Waals surface area contributed by atoms with Crippen molar-refractivity contribution < 1.29 is 0 Å². The Hall–Kier alpha value is -1.18. The largest absolute Gasteiger partial charge is 0.399 e. The highest BCUT2D eigenvalue weighted by Gasteiger charge is 2.09. The van der Waals surface area contributed by atoms with Gasteiger partial charge >= 0.3 is 0 Å². The molecule has 0 unspecified atom stereocenters. The van der Waals surface area contributed by atoms with Crippen LogP contribution in [0.1, 0.15) is 11.1 Å². The van der Waals surface area contributed by atoms with E-state index in [9.17, 15) is 0 Å². The fraction of sp³-hybridized carbons (Fsp3) is 0.143. The van der Waals surface area contributed by atoms with Gasteiger partial charge < -0.3 is 5.73 Å². The molecule has 88 valence electrons. The summed E-state index contributed by atoms with van der Waals surface area (Å²) < 4.78 is 0. The number of nitrogens with two attached hydrogens (primary N) is 1. The summed E-state index contributed by atoms with van der Waals surface area (Å²) in [7, 11) is 0. The minimum Gasteiger partial charge on any atom is -0.399 e. The highest BCUT2D eigenvalue weighted by atomic mass is 35.5. The van der Waals surface area contributed by atoms with E-state index in [-0.39, 0.29) is 0 Å². The van der Waals surface area contributed by atoms with Gasteiger partial charge in [0.2, 0.25) is 0 Å². The average molecular weight is 266 g/mol. The zero-order valence-corrected chi connectivity index (χ0v) is 11.2. The second-order valence-electron chi connectivity index (χ2n) is 4.16. The molecule has 0 aromatic heterocycles. The van der Waals surface area contributed by atoms with Gasteiger partial charge in [0.05, 0.1) is 5.02 Å². The van der Waals surface area contributed by atoms with Crippen molar-refractivity contribution in [3.63, 3.8) is 0 Å². The second kappa shape index (κ2) is 4.59. The molecule has 0 saturated heterocycles. The summed E-state index contributed by atoms with van der Waals surface area (Å²) >= 11 is 12.3. The maximum absolute atomic E-state index is 6.22. The third-order valence-electron chi connectivity index (χ3n) is 2.79. The highest BCUT2D eigenvalue weighted by Crippen LogP contribution is 2.34. The van der Waals surface area contributed by atoms with E-state index in [1.807, 2.05) is 32.0 Å². The van der Waals surface area contributed by atoms with Crippen LogP contribution in [0.4, 0.5) is 5.69 Å². The van der Waals surface area contributed by atoms with Crippen molar-refractivity contribution in [2.45, 2.75) is 13.8 Å². The van der Waals surface area contributed by atoms with Gasteiger partial charge in [0, 0.05) is 16.3 Å². The lowest BCUT2D eigenvalue weighted by Crippen LogP contribution is -1.90. The summed E-state index contributed by atoms with van der Waals surface area (Å²) in [5, 5.41) is 1.44. The lowest BCUT2D eigenvalue weighted by molar-refractivity contribution is 1.39. The van der Waals surface area contributed by atoms with Crippen LogP contribution in [0.25, 0.3) is 11.1 Å². The summed E-state index contributed by atoms with van der Waals surface area (Å²) in [6, 6.07) is 9.56. The van der Waals surface area contributed by atoms with Crippen molar-refractivity contribution >= 4 is 28.9 Å². The molecule has 3 heteroatoms. The van der Waals surface area contributed by atoms with E-state index in [0.717, 1.165) is 27.3 Å². The van der Waals surface area contributed by atoms with Gasteiger partial charge in [-0.25, -0.2) is 0 Å². The van der Waals surface area contributed by atoms with Crippen LogP contribution in [-0.4, -0.2) is 0 Å². The molecule has 0 heterocycles. The molecule has 0 spiro atoms. The number of rotatable bonds is 1. The van der Waals surface area contributed by atoms with E-state index in [4.69, 9.17) is 28.9 Å². The predicted octanol–water partition coefficient (Wildman–Crippen LogP) is 4.86. The predicted molar refractivity (Wildman–Crippen MR) is 75.8 cm³/mol. The minimum absolute atomic E-state index is 0.662. The van der Waals surface area contributed by atoms with Crippen LogP contribution in [0, 0.1) is 13.8 Å². The fourth-order valence-corrected chi connectivity index (χ4v) is 2.33. The summed E-state index contributed by atoms with van der Waals surface area (Å²) in [6.07, 6.45) is 0. The quantitative estimate of drug-likeness (QED) is 0.733. The van der Waals surface area contributed by atoms with Crippen molar-refractivity contribution in [2.75, 3.05) is 5.73 Å². The van der Waals surface area contributed by atoms with Gasteiger partial charge in [-0.3, -0.25) is 0 Å². The Kier molecular flexibility index (Phi) is 3.32. The van der Waals surface area contributed by atoms with Gasteiger partial charge in [0.15, 0.2) is 0 Å². The van der Waals surface area contributed by atoms with Gasteiger partial charge in [-0.15, -0.1) is 0 Å². The molecule has 17 heavy (non-hydrogen) atoms. The smallest absolute Gasteiger partial charge is 0.0504 e. The normalized spacial score (nSPS) is 10.6. The van der Waals surface area contributed by atoms with E-state index in [1.165, 1.54) is 0 Å². The van der Waals surface area contributed by atoms with Gasteiger partial charge in [-0.1, -0.05) is 29.3 Å². The lowest BCUT2D eigenvalue weighted by atomic mass is 9.98. The van der Waals surface area contributed by atoms with Crippen molar-refractivity contribution in [3.05, 3.63) is 51.5 Å². The second-order valence-corrected chi connectivity index (χ2v) is 4.97. The van der Waals surface area contributed by atoms with E-state index in [0.29, 0.717) is 10.7 Å². The third-order valence-corrected chi connectivity index (χ3v) is 3.51. The molecule has 2 aromatic rings. The summed E-state index contributed by atoms with van der Waals surface area (Å²) in [5.41, 5.74) is 10.6. The van der Waals surface area contributed by atoms with Crippen molar-refractivity contribution in [1.82, 2.24) is 0 Å². The van der Waals surface area contributed by atoms with Crippen molar-refractivity contribution in [2.24, 2.45) is 0 Å². The van der Waals surface area contributed by atoms with Crippen LogP contribution in [0.5, 0.6) is 0 Å². The Labute approximate surface area is 111 Å². The van der Waals surface area contributed by atoms with E-state index < -0.39 is 0 Å². The molecule has 2 N–H and O–H groups in total. The molecule has 0 radical (unpaired) electrons. The molecule has 0 aliphatic rings. The monoisotopic (exact) mass is 265 g/mol. The summed E-state index contributed by atoms with van der Waals surface area (Å²) in [5.74, 6) is 0. The number of hydrogen-bond acceptors (Lipinski definition) is 1. The van der Waals surface area contributed by atoms with Crippen LogP contribution in [0.2, 0.25) is 10.0 Å². The van der Waals surface area contributed by atoms with Crippen LogP contribution < -0.4 is 5.73 Å². The standard InChI is InChI=1S/C14H13Cl2N/c1-8-6-13(15)9(2)5-12(8)11-4-3-10(17)7-14(11)16/h3-7H,17H2,1-2H3. The Morgan fingerprint density at radius 1 is 0.824 bits per heavy atom. The number of halogens is 2. The minimum atomic E-state index is 0.662. The Morgan fingerprint density at radius 3 is 2.18 bits per heavy atom. The molecule has 0 fully saturated rings. The topological polar surface area (TPSA) is 26.0 Å². The first-order valence-electron chi connectivity index (χ1n) is 5.31. The van der Waals surface area contributed by atoms with Crippen LogP contribution >= 0.6 is 23.2 Å². The molecule has 0 saturated carbocycles. The molecule has 0 bridgehead atoms. The third kappa shape index (κ3) is 2.41. The SMILES string of the molecule is Cc1cc(-c2ccc(N)cc2Cl)c(C)cc1Cl. The molecule has 0 aliphatic carbocycles. The molecule has 0 amide bonds. The lowest BCUT2D eigenvalue weighted by Gasteiger charge is -2.11. The number of benzene rings is 2. The maximum atomic E-state index is 6.22. The number of nitrogen functional groups attached to an aromatic ring is 1. The van der Waals surface area contributed by atoms with Crippen LogP contribution in [0.15, 0.2) is 30.3 Å². The number of anilines is 1. The molecular formula is C14H13Cl2N. The summed E-state index contributed by atoms with van der Waals surface area (Å²) in [6.45, 7) is 4.00. The first-order chi connectivity index (χ1) is 7.99. The molecule has 0 aliphatic heterocycles. The molecule has 1 nitrogen and oxygen atoms in total. The molecule has 0 atom stereocenters. The van der Waals surface area contributed by atoms with E-state index in [1.54, 1.807) is 6.07 Å². The Balaban J connectivity index is 2.64. The van der Waals surface area contributed by atoms with Gasteiger partial charge in [0.25, 0.3) is 0 Å². The van der Waals surface area contributed by atoms with E-state index in [2.05, 4.69) is 6.07 Å². The van der Waals surface area contributed by atoms with Gasteiger partial charge in [-0.2, -0.15) is 0 Å². The highest BCUT2D eigenvalue weighted by molar-refractivity contribution is 6.34. The van der Waals surface area contributed by atoms with E-state index >= 15 is 0 Å². The van der Waals surface area contributed by atoms with Crippen LogP contribution in [0.3, 0.4) is 0 Å². The Bertz CT molecular complexity index is 577. The molecular weight excluding hydrogens is 253 g/mol. The number of aryl methyl sites for hydroxylation is 2. The first-order valence-corrected chi connectivity index (χ1v) is 6.07. The van der Waals surface area contributed by atoms with Crippen molar-refractivity contribution in [3.8, 4) is 11.1 Å². The van der Waals surface area contributed by atoms with Crippen molar-refractivity contribution in [1.29, 1.82) is 0 Å². The molecule has 2 aromatic carbocycles. The fourth-order valence-electron chi connectivity index (χ4n) is 1.82. The zero-order chi connectivity index (χ0) is 12.6. The van der Waals surface area contributed by atoms with Crippen LogP contribution in [-0.2, 0) is 0 Å². The van der Waals surface area contributed by atoms with Gasteiger partial charge in [0.1, 0.15) is 0 Å². The summed E-state index contributed by atoms with van der Waals surface area (Å²) in [4.78, 5) is 0. The maximum Gasteiger partial charge on any atom is 0.0504 e. The Morgan fingerprint density at radius 2 is 1.53 bits per heavy atom. The number of hydrogen-bond donors (Lipinski definition) is 1. The van der Waals surface area contributed by atoms with Gasteiger partial charge in [-0.05, 0) is 54.8 Å². The molecule has 2 rings (SSSR count).